The van der Waals surface area contributed by atoms with E-state index in [9.17, 15) is 14.4 Å². The Morgan fingerprint density at radius 2 is 2.00 bits per heavy atom. The van der Waals surface area contributed by atoms with Crippen molar-refractivity contribution in [3.63, 3.8) is 0 Å². The molecule has 1 aromatic carbocycles. The van der Waals surface area contributed by atoms with Crippen molar-refractivity contribution >= 4 is 46.3 Å². The van der Waals surface area contributed by atoms with Gasteiger partial charge in [0.25, 0.3) is 11.8 Å². The van der Waals surface area contributed by atoms with Crippen molar-refractivity contribution in [3.8, 4) is 0 Å². The Balaban J connectivity index is 1.64. The van der Waals surface area contributed by atoms with Crippen LogP contribution in [-0.4, -0.2) is 52.0 Å². The van der Waals surface area contributed by atoms with Crippen LogP contribution in [0, 0.1) is 5.92 Å². The monoisotopic (exact) mass is 435 g/mol. The lowest BCUT2D eigenvalue weighted by Gasteiger charge is -2.31. The minimum atomic E-state index is -0.461. The first-order chi connectivity index (χ1) is 13.8. The van der Waals surface area contributed by atoms with Gasteiger partial charge in [0.2, 0.25) is 15.9 Å². The number of nitrogens with one attached hydrogen (secondary N) is 2. The third-order valence-electron chi connectivity index (χ3n) is 4.40. The highest BCUT2D eigenvalue weighted by Gasteiger charge is 2.31. The fraction of sp³-hybridized carbons (Fsp3) is 0.421. The van der Waals surface area contributed by atoms with E-state index < -0.39 is 5.91 Å². The minimum Gasteiger partial charge on any atom is -0.354 e. The summed E-state index contributed by atoms with van der Waals surface area (Å²) in [6.45, 7) is 4.69. The molecule has 1 atom stereocenters. The molecule has 1 saturated heterocycles. The molecule has 1 aliphatic rings. The topological polar surface area (TPSA) is 104 Å². The zero-order valence-electron chi connectivity index (χ0n) is 16.1. The Kier molecular flexibility index (Phi) is 6.81. The standard InChI is InChI=1S/C19H22ClN5O3S/c1-11(2)21-15(26)12-5-4-8-25(10-12)19(28)18-24-23-17(29-18)16(27)22-14-7-3-6-13(20)9-14/h3,6-7,9,11-12H,4-5,8,10H2,1-2H3,(H,21,26)(H,22,27)/t12-/m1/s1. The lowest BCUT2D eigenvalue weighted by Crippen LogP contribution is -2.46. The summed E-state index contributed by atoms with van der Waals surface area (Å²) in [5.41, 5.74) is 0.528. The molecule has 2 N–H and O–H groups in total. The van der Waals surface area contributed by atoms with Crippen LogP contribution >= 0.6 is 22.9 Å². The molecule has 29 heavy (non-hydrogen) atoms. The molecule has 3 rings (SSSR count). The van der Waals surface area contributed by atoms with Gasteiger partial charge in [-0.15, -0.1) is 10.2 Å². The van der Waals surface area contributed by atoms with Crippen molar-refractivity contribution in [3.05, 3.63) is 39.3 Å². The minimum absolute atomic E-state index is 0.0450. The van der Waals surface area contributed by atoms with Gasteiger partial charge in [-0.2, -0.15) is 0 Å². The van der Waals surface area contributed by atoms with Gasteiger partial charge in [0.1, 0.15) is 0 Å². The average molecular weight is 436 g/mol. The molecule has 1 aromatic heterocycles. The highest BCUT2D eigenvalue weighted by Crippen LogP contribution is 2.21. The predicted octanol–water partition coefficient (Wildman–Crippen LogP) is 2.82. The molecule has 0 spiro atoms. The molecule has 0 saturated carbocycles. The molecule has 10 heteroatoms. The van der Waals surface area contributed by atoms with Crippen LogP contribution in [0.4, 0.5) is 5.69 Å². The molecule has 2 heterocycles. The SMILES string of the molecule is CC(C)NC(=O)[C@@H]1CCCN(C(=O)c2nnc(C(=O)Nc3cccc(Cl)c3)s2)C1. The van der Waals surface area contributed by atoms with E-state index in [0.717, 1.165) is 24.2 Å². The van der Waals surface area contributed by atoms with E-state index in [1.807, 2.05) is 13.8 Å². The van der Waals surface area contributed by atoms with E-state index in [1.54, 1.807) is 29.2 Å². The molecule has 0 aliphatic carbocycles. The number of carbonyl (C=O) groups is 3. The van der Waals surface area contributed by atoms with Crippen LogP contribution in [0.25, 0.3) is 0 Å². The summed E-state index contributed by atoms with van der Waals surface area (Å²) in [4.78, 5) is 39.0. The van der Waals surface area contributed by atoms with Crippen LogP contribution in [0.3, 0.4) is 0 Å². The maximum Gasteiger partial charge on any atom is 0.286 e. The number of benzene rings is 1. The van der Waals surface area contributed by atoms with Crippen molar-refractivity contribution in [1.82, 2.24) is 20.4 Å². The molecule has 3 amide bonds. The smallest absolute Gasteiger partial charge is 0.286 e. The number of piperidine rings is 1. The zero-order valence-corrected chi connectivity index (χ0v) is 17.7. The Bertz CT molecular complexity index is 917. The summed E-state index contributed by atoms with van der Waals surface area (Å²) in [5, 5.41) is 14.0. The van der Waals surface area contributed by atoms with Gasteiger partial charge in [0.05, 0.1) is 5.92 Å². The summed E-state index contributed by atoms with van der Waals surface area (Å²) in [6, 6.07) is 6.79. The van der Waals surface area contributed by atoms with E-state index in [-0.39, 0.29) is 33.8 Å². The fourth-order valence-corrected chi connectivity index (χ4v) is 3.96. The number of carbonyl (C=O) groups excluding carboxylic acids is 3. The maximum absolute atomic E-state index is 12.8. The Hall–Kier alpha value is -2.52. The molecular weight excluding hydrogens is 414 g/mol. The van der Waals surface area contributed by atoms with Gasteiger partial charge in [-0.25, -0.2) is 0 Å². The molecule has 1 aliphatic heterocycles. The summed E-state index contributed by atoms with van der Waals surface area (Å²) >= 11 is 6.84. The van der Waals surface area contributed by atoms with Gasteiger partial charge >= 0.3 is 0 Å². The number of hydrogen-bond donors (Lipinski definition) is 2. The Morgan fingerprint density at radius 1 is 1.24 bits per heavy atom. The van der Waals surface area contributed by atoms with Crippen molar-refractivity contribution in [2.75, 3.05) is 18.4 Å². The largest absolute Gasteiger partial charge is 0.354 e. The molecule has 0 unspecified atom stereocenters. The second-order valence-corrected chi connectivity index (χ2v) is 8.54. The van der Waals surface area contributed by atoms with Crippen molar-refractivity contribution in [2.45, 2.75) is 32.7 Å². The average Bonchev–Trinajstić information content (AvgIpc) is 3.17. The quantitative estimate of drug-likeness (QED) is 0.751. The molecule has 154 valence electrons. The van der Waals surface area contributed by atoms with Crippen LogP contribution in [0.5, 0.6) is 0 Å². The Labute approximate surface area is 177 Å². The highest BCUT2D eigenvalue weighted by atomic mass is 35.5. The third kappa shape index (κ3) is 5.51. The number of aromatic nitrogens is 2. The number of anilines is 1. The molecule has 0 radical (unpaired) electrons. The number of nitrogens with zero attached hydrogens (tertiary/aromatic N) is 3. The van der Waals surface area contributed by atoms with Crippen LogP contribution in [0.2, 0.25) is 5.02 Å². The zero-order chi connectivity index (χ0) is 21.0. The van der Waals surface area contributed by atoms with Gasteiger partial charge in [-0.1, -0.05) is 29.0 Å². The molecule has 8 nitrogen and oxygen atoms in total. The van der Waals surface area contributed by atoms with E-state index >= 15 is 0 Å². The number of likely N-dealkylation sites (tertiary alicyclic amines) is 1. The van der Waals surface area contributed by atoms with Gasteiger partial charge in [-0.05, 0) is 44.9 Å². The van der Waals surface area contributed by atoms with Gasteiger partial charge in [0, 0.05) is 29.8 Å². The first-order valence-electron chi connectivity index (χ1n) is 9.33. The lowest BCUT2D eigenvalue weighted by atomic mass is 9.97. The summed E-state index contributed by atoms with van der Waals surface area (Å²) in [5.74, 6) is -1.06. The van der Waals surface area contributed by atoms with E-state index in [0.29, 0.717) is 23.8 Å². The normalized spacial score (nSPS) is 16.6. The van der Waals surface area contributed by atoms with Gasteiger partial charge < -0.3 is 15.5 Å². The number of halogens is 1. The first-order valence-corrected chi connectivity index (χ1v) is 10.5. The van der Waals surface area contributed by atoms with Crippen molar-refractivity contribution in [2.24, 2.45) is 5.92 Å². The lowest BCUT2D eigenvalue weighted by molar-refractivity contribution is -0.126. The van der Waals surface area contributed by atoms with Gasteiger partial charge in [0.15, 0.2) is 0 Å². The third-order valence-corrected chi connectivity index (χ3v) is 5.54. The van der Waals surface area contributed by atoms with Crippen molar-refractivity contribution < 1.29 is 14.4 Å². The summed E-state index contributed by atoms with van der Waals surface area (Å²) in [6.07, 6.45) is 1.48. The van der Waals surface area contributed by atoms with E-state index in [4.69, 9.17) is 11.6 Å². The number of amides is 3. The first kappa shape index (κ1) is 21.2. The van der Waals surface area contributed by atoms with Crippen LogP contribution in [0.1, 0.15) is 46.3 Å². The second kappa shape index (κ2) is 9.32. The second-order valence-electron chi connectivity index (χ2n) is 7.13. The molecule has 2 aromatic rings. The predicted molar refractivity (Wildman–Crippen MR) is 111 cm³/mol. The van der Waals surface area contributed by atoms with Gasteiger partial charge in [-0.3, -0.25) is 14.4 Å². The summed E-state index contributed by atoms with van der Waals surface area (Å²) < 4.78 is 0. The van der Waals surface area contributed by atoms with Crippen LogP contribution < -0.4 is 10.6 Å². The fourth-order valence-electron chi connectivity index (χ4n) is 3.07. The van der Waals surface area contributed by atoms with Crippen LogP contribution in [0.15, 0.2) is 24.3 Å². The molecule has 1 fully saturated rings. The summed E-state index contributed by atoms with van der Waals surface area (Å²) in [7, 11) is 0. The van der Waals surface area contributed by atoms with Crippen molar-refractivity contribution in [1.29, 1.82) is 0 Å². The number of hydrogen-bond acceptors (Lipinski definition) is 6. The number of rotatable bonds is 5. The van der Waals surface area contributed by atoms with Crippen LogP contribution in [-0.2, 0) is 4.79 Å². The van der Waals surface area contributed by atoms with E-state index in [2.05, 4.69) is 20.8 Å². The highest BCUT2D eigenvalue weighted by molar-refractivity contribution is 7.15. The van der Waals surface area contributed by atoms with E-state index in [1.165, 1.54) is 0 Å². The Morgan fingerprint density at radius 3 is 2.72 bits per heavy atom. The molecular formula is C19H22ClN5O3S. The molecule has 0 bridgehead atoms. The maximum atomic E-state index is 12.8.